The van der Waals surface area contributed by atoms with Crippen molar-refractivity contribution in [3.8, 4) is 6.07 Å². The molecule has 0 aromatic carbocycles. The zero-order valence-corrected chi connectivity index (χ0v) is 9.67. The first-order chi connectivity index (χ1) is 6.43. The van der Waals surface area contributed by atoms with E-state index in [0.717, 1.165) is 13.1 Å². The van der Waals surface area contributed by atoms with Gasteiger partial charge in [-0.3, -0.25) is 4.90 Å². The molecule has 3 heteroatoms. The Hall–Kier alpha value is -0.590. The van der Waals surface area contributed by atoms with Crippen LogP contribution >= 0.6 is 0 Å². The molecule has 1 rings (SSSR count). The monoisotopic (exact) mass is 195 g/mol. The van der Waals surface area contributed by atoms with Gasteiger partial charge in [-0.1, -0.05) is 0 Å². The van der Waals surface area contributed by atoms with Gasteiger partial charge in [0.1, 0.15) is 0 Å². The van der Waals surface area contributed by atoms with Gasteiger partial charge in [0, 0.05) is 30.7 Å². The minimum absolute atomic E-state index is 0.212. The fourth-order valence-corrected chi connectivity index (χ4v) is 1.96. The van der Waals surface area contributed by atoms with Crippen molar-refractivity contribution in [3.63, 3.8) is 0 Å². The highest BCUT2D eigenvalue weighted by molar-refractivity contribution is 4.93. The Kier molecular flexibility index (Phi) is 3.52. The fourth-order valence-electron chi connectivity index (χ4n) is 1.96. The van der Waals surface area contributed by atoms with Gasteiger partial charge in [0.25, 0.3) is 0 Å². The van der Waals surface area contributed by atoms with E-state index in [9.17, 15) is 0 Å². The molecule has 1 aliphatic heterocycles. The molecule has 0 aliphatic carbocycles. The summed E-state index contributed by atoms with van der Waals surface area (Å²) in [4.78, 5) is 2.45. The smallest absolute Gasteiger partial charge is 0.0638 e. The van der Waals surface area contributed by atoms with E-state index in [4.69, 9.17) is 5.26 Å². The van der Waals surface area contributed by atoms with Gasteiger partial charge in [-0.15, -0.1) is 0 Å². The van der Waals surface area contributed by atoms with E-state index in [0.29, 0.717) is 18.5 Å². The normalized spacial score (nSPS) is 29.9. The van der Waals surface area contributed by atoms with Crippen LogP contribution in [0, 0.1) is 11.3 Å². The van der Waals surface area contributed by atoms with Gasteiger partial charge in [-0.05, 0) is 27.7 Å². The summed E-state index contributed by atoms with van der Waals surface area (Å²) < 4.78 is 0. The molecule has 2 atom stereocenters. The molecule has 2 unspecified atom stereocenters. The number of nitrogens with one attached hydrogen (secondary N) is 1. The van der Waals surface area contributed by atoms with Crippen LogP contribution in [0.4, 0.5) is 0 Å². The second-order valence-electron chi connectivity index (χ2n) is 5.20. The predicted molar refractivity (Wildman–Crippen MR) is 57.9 cm³/mol. The predicted octanol–water partition coefficient (Wildman–Crippen LogP) is 1.36. The molecule has 1 heterocycles. The fraction of sp³-hybridized carbons (Fsp3) is 0.909. The summed E-state index contributed by atoms with van der Waals surface area (Å²) >= 11 is 0. The number of piperazine rings is 1. The molecular formula is C11H21N3. The number of nitriles is 1. The lowest BCUT2D eigenvalue weighted by Crippen LogP contribution is -2.60. The van der Waals surface area contributed by atoms with E-state index in [1.165, 1.54) is 0 Å². The van der Waals surface area contributed by atoms with Crippen LogP contribution in [-0.2, 0) is 0 Å². The molecule has 0 bridgehead atoms. The Morgan fingerprint density at radius 2 is 2.07 bits per heavy atom. The first kappa shape index (κ1) is 11.5. The molecule has 0 saturated carbocycles. The first-order valence-corrected chi connectivity index (χ1v) is 5.31. The number of nitrogens with zero attached hydrogens (tertiary/aromatic N) is 2. The summed E-state index contributed by atoms with van der Waals surface area (Å²) in [6, 6.07) is 3.06. The summed E-state index contributed by atoms with van der Waals surface area (Å²) in [5, 5.41) is 12.1. The van der Waals surface area contributed by atoms with Gasteiger partial charge >= 0.3 is 0 Å². The third-order valence-electron chi connectivity index (χ3n) is 2.74. The topological polar surface area (TPSA) is 39.1 Å². The minimum atomic E-state index is 0.212. The van der Waals surface area contributed by atoms with Crippen LogP contribution in [0.2, 0.25) is 0 Å². The van der Waals surface area contributed by atoms with Gasteiger partial charge in [0.05, 0.1) is 12.5 Å². The Morgan fingerprint density at radius 3 is 2.57 bits per heavy atom. The van der Waals surface area contributed by atoms with Crippen LogP contribution in [0.15, 0.2) is 0 Å². The van der Waals surface area contributed by atoms with E-state index in [2.05, 4.69) is 44.0 Å². The molecule has 0 radical (unpaired) electrons. The van der Waals surface area contributed by atoms with Crippen molar-refractivity contribution < 1.29 is 0 Å². The van der Waals surface area contributed by atoms with E-state index < -0.39 is 0 Å². The zero-order valence-electron chi connectivity index (χ0n) is 9.67. The second kappa shape index (κ2) is 4.29. The Balaban J connectivity index is 2.59. The van der Waals surface area contributed by atoms with E-state index in [1.807, 2.05) is 0 Å². The molecule has 0 aromatic rings. The van der Waals surface area contributed by atoms with E-state index in [1.54, 1.807) is 0 Å². The molecule has 0 aromatic heterocycles. The van der Waals surface area contributed by atoms with Crippen LogP contribution in [0.1, 0.15) is 34.1 Å². The van der Waals surface area contributed by atoms with Gasteiger partial charge in [0.2, 0.25) is 0 Å². The Morgan fingerprint density at radius 1 is 1.43 bits per heavy atom. The highest BCUT2D eigenvalue weighted by Gasteiger charge is 2.30. The molecule has 1 N–H and O–H groups in total. The molecular weight excluding hydrogens is 174 g/mol. The number of rotatable bonds is 1. The lowest BCUT2D eigenvalue weighted by Gasteiger charge is -2.44. The number of hydrogen-bond acceptors (Lipinski definition) is 3. The summed E-state index contributed by atoms with van der Waals surface area (Å²) in [6.45, 7) is 10.9. The van der Waals surface area contributed by atoms with Crippen LogP contribution < -0.4 is 5.32 Å². The van der Waals surface area contributed by atoms with Crippen LogP contribution in [0.5, 0.6) is 0 Å². The van der Waals surface area contributed by atoms with Crippen molar-refractivity contribution in [2.75, 3.05) is 13.1 Å². The van der Waals surface area contributed by atoms with Crippen LogP contribution in [0.3, 0.4) is 0 Å². The summed E-state index contributed by atoms with van der Waals surface area (Å²) in [6.07, 6.45) is 0.608. The largest absolute Gasteiger partial charge is 0.308 e. The maximum Gasteiger partial charge on any atom is 0.0638 e. The summed E-state index contributed by atoms with van der Waals surface area (Å²) in [5.41, 5.74) is 0.212. The van der Waals surface area contributed by atoms with Gasteiger partial charge < -0.3 is 5.32 Å². The summed E-state index contributed by atoms with van der Waals surface area (Å²) in [7, 11) is 0. The van der Waals surface area contributed by atoms with Gasteiger partial charge in [0.15, 0.2) is 0 Å². The summed E-state index contributed by atoms with van der Waals surface area (Å²) in [5.74, 6) is 0. The molecule has 0 spiro atoms. The quantitative estimate of drug-likeness (QED) is 0.686. The molecule has 1 fully saturated rings. The molecule has 1 aliphatic rings. The van der Waals surface area contributed by atoms with Crippen molar-refractivity contribution in [2.24, 2.45) is 0 Å². The molecule has 80 valence electrons. The maximum atomic E-state index is 8.69. The van der Waals surface area contributed by atoms with E-state index >= 15 is 0 Å². The van der Waals surface area contributed by atoms with Crippen molar-refractivity contribution in [3.05, 3.63) is 0 Å². The highest BCUT2D eigenvalue weighted by Crippen LogP contribution is 2.18. The molecule has 1 saturated heterocycles. The maximum absolute atomic E-state index is 8.69. The average molecular weight is 195 g/mol. The molecule has 3 nitrogen and oxygen atoms in total. The lowest BCUT2D eigenvalue weighted by atomic mass is 10.00. The lowest BCUT2D eigenvalue weighted by molar-refractivity contribution is 0.0763. The van der Waals surface area contributed by atoms with Crippen LogP contribution in [-0.4, -0.2) is 35.6 Å². The van der Waals surface area contributed by atoms with Gasteiger partial charge in [-0.2, -0.15) is 5.26 Å². The van der Waals surface area contributed by atoms with Crippen LogP contribution in [0.25, 0.3) is 0 Å². The number of hydrogen-bond donors (Lipinski definition) is 1. The Labute approximate surface area is 87.1 Å². The SMILES string of the molecule is CC1CN(C(C)(C)C)CC(CC#N)N1. The van der Waals surface area contributed by atoms with Crippen molar-refractivity contribution >= 4 is 0 Å². The average Bonchev–Trinajstić information content (AvgIpc) is 2.02. The van der Waals surface area contributed by atoms with Crippen molar-refractivity contribution in [1.82, 2.24) is 10.2 Å². The Bertz CT molecular complexity index is 224. The third-order valence-corrected chi connectivity index (χ3v) is 2.74. The third kappa shape index (κ3) is 2.97. The standard InChI is InChI=1S/C11H21N3/c1-9-7-14(11(2,3)4)8-10(13-9)5-6-12/h9-10,13H,5,7-8H2,1-4H3. The first-order valence-electron chi connectivity index (χ1n) is 5.31. The minimum Gasteiger partial charge on any atom is -0.308 e. The van der Waals surface area contributed by atoms with Crippen molar-refractivity contribution in [2.45, 2.75) is 51.7 Å². The second-order valence-corrected chi connectivity index (χ2v) is 5.20. The van der Waals surface area contributed by atoms with Crippen molar-refractivity contribution in [1.29, 1.82) is 5.26 Å². The molecule has 0 amide bonds. The zero-order chi connectivity index (χ0) is 10.8. The highest BCUT2D eigenvalue weighted by atomic mass is 15.3. The van der Waals surface area contributed by atoms with E-state index in [-0.39, 0.29) is 5.54 Å². The van der Waals surface area contributed by atoms with Gasteiger partial charge in [-0.25, -0.2) is 0 Å². The molecule has 14 heavy (non-hydrogen) atoms.